The first-order chi connectivity index (χ1) is 17.0. The SMILES string of the molecule is C=CC.C=CC.O=C(O)CCCCCCCCC(=O)O.O=C(O)c1cccc(C(=O)O)c1.OCCO. The van der Waals surface area contributed by atoms with E-state index < -0.39 is 23.9 Å². The lowest BCUT2D eigenvalue weighted by Gasteiger charge is -1.98. The molecule has 0 amide bonds. The van der Waals surface area contributed by atoms with Crippen molar-refractivity contribution in [3.63, 3.8) is 0 Å². The first-order valence-electron chi connectivity index (χ1n) is 11.3. The third-order valence-electron chi connectivity index (χ3n) is 3.49. The molecular formula is C26H42O10. The summed E-state index contributed by atoms with van der Waals surface area (Å²) in [4.78, 5) is 41.1. The fraction of sp³-hybridized carbons (Fsp3) is 0.462. The van der Waals surface area contributed by atoms with Crippen molar-refractivity contribution in [3.05, 3.63) is 60.7 Å². The Morgan fingerprint density at radius 2 is 0.944 bits per heavy atom. The van der Waals surface area contributed by atoms with E-state index in [1.165, 1.54) is 18.2 Å². The third kappa shape index (κ3) is 37.8. The minimum absolute atomic E-state index is 0.0186. The number of hydrogen-bond donors (Lipinski definition) is 6. The van der Waals surface area contributed by atoms with E-state index in [0.717, 1.165) is 44.6 Å². The molecule has 0 unspecified atom stereocenters. The maximum absolute atomic E-state index is 10.4. The lowest BCUT2D eigenvalue weighted by atomic mass is 10.1. The summed E-state index contributed by atoms with van der Waals surface area (Å²) in [6, 6.07) is 5.20. The molecule has 0 radical (unpaired) electrons. The van der Waals surface area contributed by atoms with Crippen molar-refractivity contribution in [2.45, 2.75) is 65.2 Å². The smallest absolute Gasteiger partial charge is 0.335 e. The van der Waals surface area contributed by atoms with Crippen molar-refractivity contribution in [1.82, 2.24) is 0 Å². The summed E-state index contributed by atoms with van der Waals surface area (Å²) in [6.45, 7) is 10.2. The van der Waals surface area contributed by atoms with Gasteiger partial charge in [-0.2, -0.15) is 0 Å². The number of allylic oxidation sites excluding steroid dienone is 2. The van der Waals surface area contributed by atoms with Gasteiger partial charge in [0.15, 0.2) is 0 Å². The highest BCUT2D eigenvalue weighted by Gasteiger charge is 2.06. The van der Waals surface area contributed by atoms with Crippen LogP contribution in [0.25, 0.3) is 0 Å². The van der Waals surface area contributed by atoms with Crippen LogP contribution < -0.4 is 0 Å². The Kier molecular flexibility index (Phi) is 34.7. The second-order valence-electron chi connectivity index (χ2n) is 6.86. The van der Waals surface area contributed by atoms with Gasteiger partial charge in [-0.15, -0.1) is 13.2 Å². The Morgan fingerprint density at radius 3 is 1.17 bits per heavy atom. The molecular weight excluding hydrogens is 472 g/mol. The topological polar surface area (TPSA) is 190 Å². The number of aromatic carboxylic acids is 2. The predicted molar refractivity (Wildman–Crippen MR) is 138 cm³/mol. The molecule has 1 rings (SSSR count). The molecule has 10 heteroatoms. The van der Waals surface area contributed by atoms with Gasteiger partial charge in [0.05, 0.1) is 24.3 Å². The summed E-state index contributed by atoms with van der Waals surface area (Å²) in [5.41, 5.74) is -0.0372. The molecule has 0 bridgehead atoms. The zero-order chi connectivity index (χ0) is 28.8. The molecule has 1 aromatic rings. The molecule has 0 saturated carbocycles. The van der Waals surface area contributed by atoms with E-state index in [1.807, 2.05) is 13.8 Å². The monoisotopic (exact) mass is 514 g/mol. The van der Waals surface area contributed by atoms with Gasteiger partial charge in [0.25, 0.3) is 0 Å². The number of aliphatic carboxylic acids is 2. The van der Waals surface area contributed by atoms with Crippen molar-refractivity contribution in [2.75, 3.05) is 13.2 Å². The second kappa shape index (κ2) is 31.5. The van der Waals surface area contributed by atoms with Crippen LogP contribution in [0.3, 0.4) is 0 Å². The van der Waals surface area contributed by atoms with Crippen LogP contribution in [0.5, 0.6) is 0 Å². The maximum Gasteiger partial charge on any atom is 0.335 e. The van der Waals surface area contributed by atoms with Gasteiger partial charge in [0.1, 0.15) is 0 Å². The number of hydrogen-bond acceptors (Lipinski definition) is 6. The van der Waals surface area contributed by atoms with E-state index in [2.05, 4.69) is 13.2 Å². The maximum atomic E-state index is 10.4. The van der Waals surface area contributed by atoms with Crippen LogP contribution in [0.15, 0.2) is 49.6 Å². The molecule has 10 nitrogen and oxygen atoms in total. The lowest BCUT2D eigenvalue weighted by molar-refractivity contribution is -0.138. The number of rotatable bonds is 12. The van der Waals surface area contributed by atoms with E-state index in [0.29, 0.717) is 0 Å². The molecule has 1 aromatic carbocycles. The van der Waals surface area contributed by atoms with Gasteiger partial charge < -0.3 is 30.6 Å². The highest BCUT2D eigenvalue weighted by Crippen LogP contribution is 2.08. The molecule has 0 aliphatic heterocycles. The standard InChI is InChI=1S/C10H18O4.C8H6O4.2C3H6.C2H6O2/c11-9(12)7-5-3-1-2-4-6-8-10(13)14;9-7(10)5-2-1-3-6(4-5)8(11)12;2*1-3-2;3-1-2-4/h1-8H2,(H,11,12)(H,13,14);1-4H,(H,9,10)(H,11,12);2*3H,1H2,2H3;3-4H,1-2H2. The summed E-state index contributed by atoms with van der Waals surface area (Å²) in [6.07, 6.45) is 9.32. The average Bonchev–Trinajstić information content (AvgIpc) is 2.82. The molecule has 0 atom stereocenters. The molecule has 36 heavy (non-hydrogen) atoms. The van der Waals surface area contributed by atoms with Gasteiger partial charge in [-0.3, -0.25) is 9.59 Å². The number of benzene rings is 1. The summed E-state index contributed by atoms with van der Waals surface area (Å²) in [5.74, 6) is -3.73. The van der Waals surface area contributed by atoms with Crippen LogP contribution in [-0.4, -0.2) is 67.7 Å². The van der Waals surface area contributed by atoms with Crippen molar-refractivity contribution >= 4 is 23.9 Å². The van der Waals surface area contributed by atoms with Gasteiger partial charge >= 0.3 is 23.9 Å². The van der Waals surface area contributed by atoms with Crippen LogP contribution in [0.2, 0.25) is 0 Å². The molecule has 6 N–H and O–H groups in total. The van der Waals surface area contributed by atoms with Crippen molar-refractivity contribution < 1.29 is 49.8 Å². The fourth-order valence-electron chi connectivity index (χ4n) is 2.04. The van der Waals surface area contributed by atoms with Crippen molar-refractivity contribution in [1.29, 1.82) is 0 Å². The molecule has 0 aromatic heterocycles. The average molecular weight is 515 g/mol. The quantitative estimate of drug-likeness (QED) is 0.168. The Bertz CT molecular complexity index is 672. The van der Waals surface area contributed by atoms with Crippen LogP contribution in [0, 0.1) is 0 Å². The van der Waals surface area contributed by atoms with Crippen LogP contribution in [-0.2, 0) is 9.59 Å². The first-order valence-corrected chi connectivity index (χ1v) is 11.3. The molecule has 0 spiro atoms. The number of unbranched alkanes of at least 4 members (excludes halogenated alkanes) is 5. The molecule has 0 saturated heterocycles. The first kappa shape index (κ1) is 39.7. The van der Waals surface area contributed by atoms with E-state index >= 15 is 0 Å². The zero-order valence-corrected chi connectivity index (χ0v) is 21.3. The minimum atomic E-state index is -1.13. The number of aliphatic hydroxyl groups excluding tert-OH is 2. The number of carboxylic acid groups (broad SMARTS) is 4. The fourth-order valence-corrected chi connectivity index (χ4v) is 2.04. The minimum Gasteiger partial charge on any atom is -0.481 e. The highest BCUT2D eigenvalue weighted by atomic mass is 16.4. The Balaban J connectivity index is -0.000000209. The molecule has 206 valence electrons. The Labute approximate surface area is 213 Å². The van der Waals surface area contributed by atoms with Gasteiger partial charge in [-0.05, 0) is 44.9 Å². The van der Waals surface area contributed by atoms with E-state index in [9.17, 15) is 19.2 Å². The van der Waals surface area contributed by atoms with E-state index in [-0.39, 0.29) is 37.2 Å². The van der Waals surface area contributed by atoms with E-state index in [4.69, 9.17) is 30.6 Å². The second-order valence-corrected chi connectivity index (χ2v) is 6.86. The van der Waals surface area contributed by atoms with Gasteiger partial charge in [0.2, 0.25) is 0 Å². The summed E-state index contributed by atoms with van der Waals surface area (Å²) in [7, 11) is 0. The summed E-state index contributed by atoms with van der Waals surface area (Å²) < 4.78 is 0. The third-order valence-corrected chi connectivity index (χ3v) is 3.49. The van der Waals surface area contributed by atoms with Crippen LogP contribution in [0.1, 0.15) is 85.9 Å². The Hall–Kier alpha value is -3.50. The van der Waals surface area contributed by atoms with E-state index in [1.54, 1.807) is 12.2 Å². The van der Waals surface area contributed by atoms with Crippen molar-refractivity contribution in [3.8, 4) is 0 Å². The van der Waals surface area contributed by atoms with Crippen LogP contribution >= 0.6 is 0 Å². The van der Waals surface area contributed by atoms with Gasteiger partial charge in [-0.1, -0.05) is 43.9 Å². The molecule has 0 aliphatic carbocycles. The summed E-state index contributed by atoms with van der Waals surface area (Å²) in [5, 5.41) is 48.9. The highest BCUT2D eigenvalue weighted by molar-refractivity contribution is 5.93. The predicted octanol–water partition coefficient (Wildman–Crippen LogP) is 4.72. The number of carboxylic acids is 4. The van der Waals surface area contributed by atoms with Crippen molar-refractivity contribution in [2.24, 2.45) is 0 Å². The normalized spacial score (nSPS) is 8.56. The largest absolute Gasteiger partial charge is 0.481 e. The lowest BCUT2D eigenvalue weighted by Crippen LogP contribution is -2.01. The molecule has 0 heterocycles. The summed E-state index contributed by atoms with van der Waals surface area (Å²) >= 11 is 0. The number of aliphatic hydroxyl groups is 2. The molecule has 0 aliphatic rings. The Morgan fingerprint density at radius 1 is 0.667 bits per heavy atom. The van der Waals surface area contributed by atoms with Crippen LogP contribution in [0.4, 0.5) is 0 Å². The molecule has 0 fully saturated rings. The van der Waals surface area contributed by atoms with Gasteiger partial charge in [-0.25, -0.2) is 9.59 Å². The van der Waals surface area contributed by atoms with Gasteiger partial charge in [0, 0.05) is 12.8 Å². The zero-order valence-electron chi connectivity index (χ0n) is 21.3. The number of carbonyl (C=O) groups is 4.